The summed E-state index contributed by atoms with van der Waals surface area (Å²) in [5.41, 5.74) is 1.39. The van der Waals surface area contributed by atoms with Gasteiger partial charge in [-0.1, -0.05) is 0 Å². The van der Waals surface area contributed by atoms with Gasteiger partial charge in [-0.15, -0.1) is 0 Å². The second-order valence-electron chi connectivity index (χ2n) is 3.90. The summed E-state index contributed by atoms with van der Waals surface area (Å²) in [7, 11) is 2.17. The molecule has 0 spiro atoms. The topological polar surface area (TPSA) is 3.24 Å². The zero-order valence-electron chi connectivity index (χ0n) is 9.49. The fourth-order valence-electron chi connectivity index (χ4n) is 1.98. The van der Waals surface area contributed by atoms with Gasteiger partial charge in [0.25, 0.3) is 0 Å². The van der Waals surface area contributed by atoms with Gasteiger partial charge in [0.05, 0.1) is 0 Å². The van der Waals surface area contributed by atoms with Crippen molar-refractivity contribution in [3.05, 3.63) is 60.7 Å². The van der Waals surface area contributed by atoms with E-state index in [0.717, 1.165) is 0 Å². The Morgan fingerprint density at radius 3 is 2.24 bits per heavy atom. The van der Waals surface area contributed by atoms with E-state index in [1.165, 1.54) is 18.0 Å². The average molecular weight is 303 g/mol. The van der Waals surface area contributed by atoms with Gasteiger partial charge in [-0.25, -0.2) is 0 Å². The predicted octanol–water partition coefficient (Wildman–Crippen LogP) is 2.64. The van der Waals surface area contributed by atoms with Crippen LogP contribution in [-0.4, -0.2) is 26.0 Å². The normalized spacial score (nSPS) is 19.5. The summed E-state index contributed by atoms with van der Waals surface area (Å²) >= 11 is -1.11. The Morgan fingerprint density at radius 1 is 0.882 bits per heavy atom. The third-order valence-corrected chi connectivity index (χ3v) is 11.6. The number of anilines is 1. The molecule has 3 heteroatoms. The van der Waals surface area contributed by atoms with Gasteiger partial charge in [0.2, 0.25) is 0 Å². The number of hydrogen-bond acceptors (Lipinski definition) is 2. The van der Waals surface area contributed by atoms with Crippen LogP contribution in [0.4, 0.5) is 5.69 Å². The van der Waals surface area contributed by atoms with Crippen LogP contribution in [0.2, 0.25) is 0 Å². The molecule has 86 valence electrons. The molecule has 1 heterocycles. The molecule has 1 atom stereocenters. The molecule has 17 heavy (non-hydrogen) atoms. The van der Waals surface area contributed by atoms with Crippen molar-refractivity contribution in [2.45, 2.75) is 0 Å². The second-order valence-corrected chi connectivity index (χ2v) is 11.2. The molecular weight excluding hydrogens is 289 g/mol. The monoisotopic (exact) mass is 303 g/mol. The van der Waals surface area contributed by atoms with Crippen molar-refractivity contribution in [1.29, 1.82) is 0 Å². The number of hydrogen-bond donors (Lipinski definition) is 0. The minimum absolute atomic E-state index is 1.11. The van der Waals surface area contributed by atoms with Gasteiger partial charge in [-0.3, -0.25) is 0 Å². The van der Waals surface area contributed by atoms with Crippen LogP contribution in [0.1, 0.15) is 0 Å². The first kappa shape index (κ1) is 11.3. The van der Waals surface area contributed by atoms with E-state index < -0.39 is 13.7 Å². The van der Waals surface area contributed by atoms with Gasteiger partial charge >= 0.3 is 111 Å². The molecule has 0 saturated carbocycles. The molecule has 0 amide bonds. The van der Waals surface area contributed by atoms with Crippen LogP contribution < -0.4 is 8.17 Å². The van der Waals surface area contributed by atoms with E-state index in [-0.39, 0.29) is 0 Å². The van der Waals surface area contributed by atoms with Crippen LogP contribution in [0.3, 0.4) is 0 Å². The summed E-state index contributed by atoms with van der Waals surface area (Å²) in [5.74, 6) is 1.27. The van der Waals surface area contributed by atoms with Gasteiger partial charge in [0.1, 0.15) is 0 Å². The van der Waals surface area contributed by atoms with Gasteiger partial charge in [-0.2, -0.15) is 0 Å². The van der Waals surface area contributed by atoms with Crippen molar-refractivity contribution in [2.75, 3.05) is 16.1 Å². The maximum absolute atomic E-state index is 2.63. The quantitative estimate of drug-likeness (QED) is 0.785. The molecule has 0 N–H and O–H groups in total. The second kappa shape index (κ2) is 5.20. The molecule has 1 fully saturated rings. The number of para-hydroxylation sites is 1. The molecule has 2 aromatic rings. The van der Waals surface area contributed by atoms with E-state index in [9.17, 15) is 0 Å². The number of rotatable bonds is 2. The van der Waals surface area contributed by atoms with E-state index in [1.54, 1.807) is 4.35 Å². The van der Waals surface area contributed by atoms with Crippen LogP contribution in [0.25, 0.3) is 0 Å². The third kappa shape index (κ3) is 2.38. The van der Waals surface area contributed by atoms with E-state index in [1.807, 2.05) is 0 Å². The SMILES string of the molecule is c1ccc(N2CCS[As]2c2ccccc2)cc1. The van der Waals surface area contributed by atoms with Crippen LogP contribution >= 0.6 is 10.0 Å². The van der Waals surface area contributed by atoms with Crippen molar-refractivity contribution in [1.82, 2.24) is 0 Å². The van der Waals surface area contributed by atoms with E-state index in [4.69, 9.17) is 0 Å². The Labute approximate surface area is 110 Å². The molecule has 0 aliphatic carbocycles. The van der Waals surface area contributed by atoms with Crippen molar-refractivity contribution in [3.8, 4) is 0 Å². The summed E-state index contributed by atoms with van der Waals surface area (Å²) in [6.45, 7) is 1.20. The van der Waals surface area contributed by atoms with Gasteiger partial charge in [0, 0.05) is 0 Å². The minimum atomic E-state index is -1.11. The summed E-state index contributed by atoms with van der Waals surface area (Å²) in [6, 6.07) is 21.8. The van der Waals surface area contributed by atoms with Crippen LogP contribution in [0.5, 0.6) is 0 Å². The maximum atomic E-state index is 2.63. The van der Waals surface area contributed by atoms with E-state index in [2.05, 4.69) is 74.5 Å². The zero-order chi connectivity index (χ0) is 11.5. The van der Waals surface area contributed by atoms with Crippen LogP contribution in [0, 0.1) is 0 Å². The standard InChI is InChI=1S/C14H14AsNS/c1-3-7-13(8-4-1)15-16(11-12-17-15)14-9-5-2-6-10-14/h1-10H,11-12H2. The first-order chi connectivity index (χ1) is 8.45. The molecule has 2 aromatic carbocycles. The average Bonchev–Trinajstić information content (AvgIpc) is 2.90. The Bertz CT molecular complexity index is 429. The summed E-state index contributed by atoms with van der Waals surface area (Å²) in [6.07, 6.45) is 0. The molecule has 1 nitrogen and oxygen atoms in total. The summed E-state index contributed by atoms with van der Waals surface area (Å²) < 4.78 is 4.18. The molecule has 0 radical (unpaired) electrons. The number of nitrogens with zero attached hydrogens (tertiary/aromatic N) is 1. The first-order valence-corrected chi connectivity index (χ1v) is 10.8. The molecule has 1 aliphatic rings. The van der Waals surface area contributed by atoms with E-state index >= 15 is 0 Å². The molecule has 0 bridgehead atoms. The molecular formula is C14H14AsNS. The Hall–Kier alpha value is -0.852. The van der Waals surface area contributed by atoms with Crippen LogP contribution in [0.15, 0.2) is 60.7 Å². The van der Waals surface area contributed by atoms with E-state index in [0.29, 0.717) is 0 Å². The van der Waals surface area contributed by atoms with Crippen molar-refractivity contribution in [3.63, 3.8) is 0 Å². The van der Waals surface area contributed by atoms with Crippen LogP contribution in [-0.2, 0) is 0 Å². The Balaban J connectivity index is 1.91. The fraction of sp³-hybridized carbons (Fsp3) is 0.143. The zero-order valence-corrected chi connectivity index (χ0v) is 12.2. The summed E-state index contributed by atoms with van der Waals surface area (Å²) in [4.78, 5) is 0. The first-order valence-electron chi connectivity index (χ1n) is 5.76. The molecule has 0 aromatic heterocycles. The van der Waals surface area contributed by atoms with Crippen molar-refractivity contribution >= 4 is 33.8 Å². The molecule has 1 aliphatic heterocycles. The Morgan fingerprint density at radius 2 is 1.53 bits per heavy atom. The predicted molar refractivity (Wildman–Crippen MR) is 78.1 cm³/mol. The van der Waals surface area contributed by atoms with Gasteiger partial charge < -0.3 is 0 Å². The van der Waals surface area contributed by atoms with Gasteiger partial charge in [-0.05, 0) is 0 Å². The van der Waals surface area contributed by atoms with Crippen molar-refractivity contribution in [2.24, 2.45) is 0 Å². The Kier molecular flexibility index (Phi) is 3.44. The van der Waals surface area contributed by atoms with Gasteiger partial charge in [0.15, 0.2) is 0 Å². The van der Waals surface area contributed by atoms with Crippen molar-refractivity contribution < 1.29 is 0 Å². The summed E-state index contributed by atoms with van der Waals surface area (Å²) in [5, 5.41) is 0. The number of benzene rings is 2. The molecule has 1 unspecified atom stereocenters. The molecule has 1 saturated heterocycles. The third-order valence-electron chi connectivity index (χ3n) is 2.77. The molecule has 3 rings (SSSR count). The fourth-order valence-corrected chi connectivity index (χ4v) is 10.8.